The summed E-state index contributed by atoms with van der Waals surface area (Å²) in [5.41, 5.74) is 1.47. The molecule has 0 bridgehead atoms. The zero-order valence-electron chi connectivity index (χ0n) is 11.6. The van der Waals surface area contributed by atoms with Gasteiger partial charge >= 0.3 is 0 Å². The summed E-state index contributed by atoms with van der Waals surface area (Å²) < 4.78 is 5.78. The van der Waals surface area contributed by atoms with Crippen LogP contribution in [0.25, 0.3) is 10.8 Å². The molecule has 2 nitrogen and oxygen atoms in total. The molecule has 0 saturated heterocycles. The average molecular weight is 331 g/mol. The molecule has 0 fully saturated rings. The zero-order chi connectivity index (χ0) is 15.5. The van der Waals surface area contributed by atoms with Crippen molar-refractivity contribution in [1.82, 2.24) is 0 Å². The minimum absolute atomic E-state index is 0.329. The Labute approximate surface area is 138 Å². The molecule has 0 atom stereocenters. The first kappa shape index (κ1) is 14.9. The summed E-state index contributed by atoms with van der Waals surface area (Å²) in [5.74, 6) is 0.391. The lowest BCUT2D eigenvalue weighted by Crippen LogP contribution is -1.98. The Morgan fingerprint density at radius 1 is 0.955 bits per heavy atom. The van der Waals surface area contributed by atoms with E-state index in [1.165, 1.54) is 0 Å². The van der Waals surface area contributed by atoms with Gasteiger partial charge in [0.15, 0.2) is 5.75 Å². The highest BCUT2D eigenvalue weighted by Gasteiger charge is 2.10. The minimum atomic E-state index is 0.329. The van der Waals surface area contributed by atoms with Crippen LogP contribution in [-0.4, -0.2) is 6.29 Å². The Kier molecular flexibility index (Phi) is 4.32. The van der Waals surface area contributed by atoms with E-state index in [4.69, 9.17) is 27.9 Å². The van der Waals surface area contributed by atoms with Crippen LogP contribution in [-0.2, 0) is 6.61 Å². The monoisotopic (exact) mass is 330 g/mol. The first-order valence-corrected chi connectivity index (χ1v) is 7.48. The van der Waals surface area contributed by atoms with E-state index in [1.807, 2.05) is 30.3 Å². The van der Waals surface area contributed by atoms with Crippen LogP contribution >= 0.6 is 23.2 Å². The molecule has 22 heavy (non-hydrogen) atoms. The van der Waals surface area contributed by atoms with Gasteiger partial charge in [0.1, 0.15) is 12.9 Å². The molecule has 110 valence electrons. The summed E-state index contributed by atoms with van der Waals surface area (Å²) >= 11 is 12.3. The lowest BCUT2D eigenvalue weighted by Gasteiger charge is -2.12. The van der Waals surface area contributed by atoms with Crippen molar-refractivity contribution < 1.29 is 9.53 Å². The maximum absolute atomic E-state index is 10.8. The first-order chi connectivity index (χ1) is 10.7. The summed E-state index contributed by atoms with van der Waals surface area (Å²) in [6, 6.07) is 17.2. The Bertz CT molecular complexity index is 815. The minimum Gasteiger partial charge on any atom is -0.486 e. The largest absolute Gasteiger partial charge is 0.486 e. The molecule has 0 aliphatic heterocycles. The van der Waals surface area contributed by atoms with Crippen LogP contribution < -0.4 is 4.74 Å². The van der Waals surface area contributed by atoms with Crippen LogP contribution in [0.15, 0.2) is 54.6 Å². The fraction of sp³-hybridized carbons (Fsp3) is 0.0556. The predicted molar refractivity (Wildman–Crippen MR) is 90.1 cm³/mol. The van der Waals surface area contributed by atoms with Gasteiger partial charge in [-0.15, -0.1) is 0 Å². The van der Waals surface area contributed by atoms with Crippen LogP contribution in [0, 0.1) is 0 Å². The molecular weight excluding hydrogens is 319 g/mol. The molecule has 3 aromatic carbocycles. The lowest BCUT2D eigenvalue weighted by atomic mass is 10.1. The summed E-state index contributed by atoms with van der Waals surface area (Å²) in [5, 5.41) is 2.93. The van der Waals surface area contributed by atoms with Gasteiger partial charge in [-0.25, -0.2) is 0 Å². The van der Waals surface area contributed by atoms with Gasteiger partial charge < -0.3 is 4.74 Å². The van der Waals surface area contributed by atoms with Crippen molar-refractivity contribution in [3.05, 3.63) is 75.8 Å². The van der Waals surface area contributed by atoms with Gasteiger partial charge in [0.05, 0.1) is 10.0 Å². The number of carbonyl (C=O) groups excluding carboxylic acids is 1. The smallest absolute Gasteiger partial charge is 0.157 e. The quantitative estimate of drug-likeness (QED) is 0.587. The Balaban J connectivity index is 1.90. The van der Waals surface area contributed by atoms with Crippen molar-refractivity contribution in [3.8, 4) is 5.75 Å². The van der Waals surface area contributed by atoms with Crippen molar-refractivity contribution in [1.29, 1.82) is 0 Å². The summed E-state index contributed by atoms with van der Waals surface area (Å²) in [4.78, 5) is 10.8. The van der Waals surface area contributed by atoms with Gasteiger partial charge in [-0.05, 0) is 28.5 Å². The van der Waals surface area contributed by atoms with E-state index in [-0.39, 0.29) is 0 Å². The third-order valence-corrected chi connectivity index (χ3v) is 3.97. The summed E-state index contributed by atoms with van der Waals surface area (Å²) in [6.07, 6.45) is 0.701. The molecule has 0 saturated carbocycles. The third kappa shape index (κ3) is 2.94. The summed E-state index contributed by atoms with van der Waals surface area (Å²) in [7, 11) is 0. The number of aldehydes is 1. The van der Waals surface area contributed by atoms with Crippen LogP contribution in [0.1, 0.15) is 15.9 Å². The lowest BCUT2D eigenvalue weighted by molar-refractivity contribution is 0.112. The second-order valence-corrected chi connectivity index (χ2v) is 5.67. The number of benzene rings is 3. The molecule has 0 unspecified atom stereocenters. The van der Waals surface area contributed by atoms with Crippen molar-refractivity contribution in [3.63, 3.8) is 0 Å². The van der Waals surface area contributed by atoms with E-state index in [0.29, 0.717) is 34.3 Å². The third-order valence-electron chi connectivity index (χ3n) is 3.41. The molecule has 4 heteroatoms. The Hall–Kier alpha value is -2.03. The highest BCUT2D eigenvalue weighted by atomic mass is 35.5. The number of halogens is 2. The predicted octanol–water partition coefficient (Wildman–Crippen LogP) is 5.54. The van der Waals surface area contributed by atoms with Crippen molar-refractivity contribution in [2.45, 2.75) is 6.61 Å². The Morgan fingerprint density at radius 3 is 2.36 bits per heavy atom. The molecule has 0 aliphatic carbocycles. The molecule has 0 radical (unpaired) electrons. The molecule has 0 aromatic heterocycles. The van der Waals surface area contributed by atoms with Gasteiger partial charge in [-0.1, -0.05) is 65.7 Å². The normalized spacial score (nSPS) is 10.6. The maximum Gasteiger partial charge on any atom is 0.157 e. The van der Waals surface area contributed by atoms with E-state index in [0.717, 1.165) is 16.3 Å². The second kappa shape index (κ2) is 6.39. The van der Waals surface area contributed by atoms with E-state index < -0.39 is 0 Å². The van der Waals surface area contributed by atoms with Gasteiger partial charge in [0.2, 0.25) is 0 Å². The maximum atomic E-state index is 10.8. The fourth-order valence-electron chi connectivity index (χ4n) is 2.35. The van der Waals surface area contributed by atoms with Crippen molar-refractivity contribution >= 4 is 40.3 Å². The average Bonchev–Trinajstić information content (AvgIpc) is 2.54. The zero-order valence-corrected chi connectivity index (χ0v) is 13.1. The van der Waals surface area contributed by atoms with Crippen molar-refractivity contribution in [2.24, 2.45) is 0 Å². The number of rotatable bonds is 4. The van der Waals surface area contributed by atoms with Gasteiger partial charge in [0, 0.05) is 5.56 Å². The highest BCUT2D eigenvalue weighted by Crippen LogP contribution is 2.34. The number of ether oxygens (including phenoxy) is 1. The van der Waals surface area contributed by atoms with E-state index >= 15 is 0 Å². The van der Waals surface area contributed by atoms with Crippen molar-refractivity contribution in [2.75, 3.05) is 0 Å². The molecule has 0 N–H and O–H groups in total. The number of carbonyl (C=O) groups is 1. The summed E-state index contributed by atoms with van der Waals surface area (Å²) in [6.45, 7) is 0.348. The van der Waals surface area contributed by atoms with Gasteiger partial charge in [-0.3, -0.25) is 4.79 Å². The highest BCUT2D eigenvalue weighted by molar-refractivity contribution is 6.37. The molecule has 3 rings (SSSR count). The van der Waals surface area contributed by atoms with Crippen LogP contribution in [0.2, 0.25) is 10.0 Å². The van der Waals surface area contributed by atoms with E-state index in [2.05, 4.69) is 12.1 Å². The van der Waals surface area contributed by atoms with E-state index in [1.54, 1.807) is 12.1 Å². The molecule has 0 spiro atoms. The van der Waals surface area contributed by atoms with E-state index in [9.17, 15) is 4.79 Å². The standard InChI is InChI=1S/C18H12Cl2O2/c19-16-8-12(10-21)9-17(20)18(16)22-11-14-6-3-5-13-4-1-2-7-15(13)14/h1-10H,11H2. The van der Waals surface area contributed by atoms with Crippen LogP contribution in [0.4, 0.5) is 0 Å². The topological polar surface area (TPSA) is 26.3 Å². The molecule has 3 aromatic rings. The second-order valence-electron chi connectivity index (χ2n) is 4.86. The number of fused-ring (bicyclic) bond motifs is 1. The number of hydrogen-bond donors (Lipinski definition) is 0. The molecule has 0 aliphatic rings. The molecule has 0 amide bonds. The molecular formula is C18H12Cl2O2. The molecule has 0 heterocycles. The van der Waals surface area contributed by atoms with Gasteiger partial charge in [-0.2, -0.15) is 0 Å². The van der Waals surface area contributed by atoms with Crippen LogP contribution in [0.3, 0.4) is 0 Å². The first-order valence-electron chi connectivity index (χ1n) is 6.72. The number of hydrogen-bond acceptors (Lipinski definition) is 2. The fourth-order valence-corrected chi connectivity index (χ4v) is 2.97. The van der Waals surface area contributed by atoms with Gasteiger partial charge in [0.25, 0.3) is 0 Å². The SMILES string of the molecule is O=Cc1cc(Cl)c(OCc2cccc3ccccc23)c(Cl)c1. The Morgan fingerprint density at radius 2 is 1.64 bits per heavy atom. The van der Waals surface area contributed by atoms with Crippen LogP contribution in [0.5, 0.6) is 5.75 Å².